The van der Waals surface area contributed by atoms with Crippen LogP contribution >= 0.6 is 15.9 Å². The fraction of sp³-hybridized carbons (Fsp3) is 0.0952. The maximum Gasteiger partial charge on any atom is 0.255 e. The lowest BCUT2D eigenvalue weighted by Gasteiger charge is -2.09. The third-order valence-electron chi connectivity index (χ3n) is 3.77. The Morgan fingerprint density at radius 3 is 2.38 bits per heavy atom. The standard InChI is InChI=1S/C21H18BrNO3/c1-25-20-12-9-17(13-19(20)22)23-21(24)16-7-10-18(11-8-16)26-14-15-5-3-2-4-6-15/h2-13H,14H2,1H3,(H,23,24). The summed E-state index contributed by atoms with van der Waals surface area (Å²) in [7, 11) is 1.60. The van der Waals surface area contributed by atoms with Gasteiger partial charge in [0.15, 0.2) is 0 Å². The Bertz CT molecular complexity index is 880. The van der Waals surface area contributed by atoms with Crippen molar-refractivity contribution in [1.82, 2.24) is 0 Å². The van der Waals surface area contributed by atoms with Gasteiger partial charge in [0.05, 0.1) is 11.6 Å². The Balaban J connectivity index is 1.60. The number of hydrogen-bond donors (Lipinski definition) is 1. The summed E-state index contributed by atoms with van der Waals surface area (Å²) in [5.41, 5.74) is 2.34. The van der Waals surface area contributed by atoms with Crippen molar-refractivity contribution in [1.29, 1.82) is 0 Å². The molecule has 0 spiro atoms. The third kappa shape index (κ3) is 4.64. The monoisotopic (exact) mass is 411 g/mol. The predicted molar refractivity (Wildman–Crippen MR) is 106 cm³/mol. The second kappa shape index (κ2) is 8.54. The average molecular weight is 412 g/mol. The van der Waals surface area contributed by atoms with Gasteiger partial charge in [0, 0.05) is 11.3 Å². The molecule has 0 radical (unpaired) electrons. The molecule has 0 heterocycles. The molecule has 1 amide bonds. The topological polar surface area (TPSA) is 47.6 Å². The Kier molecular flexibility index (Phi) is 5.92. The van der Waals surface area contributed by atoms with Gasteiger partial charge in [0.1, 0.15) is 18.1 Å². The lowest BCUT2D eigenvalue weighted by atomic mass is 10.2. The number of nitrogens with one attached hydrogen (secondary N) is 1. The number of carbonyl (C=O) groups excluding carboxylic acids is 1. The van der Waals surface area contributed by atoms with Crippen LogP contribution in [0.5, 0.6) is 11.5 Å². The molecule has 26 heavy (non-hydrogen) atoms. The molecule has 0 saturated carbocycles. The van der Waals surface area contributed by atoms with E-state index in [1.165, 1.54) is 0 Å². The maximum atomic E-state index is 12.4. The quantitative estimate of drug-likeness (QED) is 0.599. The van der Waals surface area contributed by atoms with Crippen molar-refractivity contribution in [3.05, 3.63) is 88.4 Å². The van der Waals surface area contributed by atoms with Crippen LogP contribution in [0.3, 0.4) is 0 Å². The molecule has 3 rings (SSSR count). The Labute approximate surface area is 160 Å². The minimum atomic E-state index is -0.184. The summed E-state index contributed by atoms with van der Waals surface area (Å²) in [4.78, 5) is 12.4. The van der Waals surface area contributed by atoms with Crippen molar-refractivity contribution < 1.29 is 14.3 Å². The molecule has 0 atom stereocenters. The summed E-state index contributed by atoms with van der Waals surface area (Å²) < 4.78 is 11.7. The highest BCUT2D eigenvalue weighted by atomic mass is 79.9. The first-order chi connectivity index (χ1) is 12.7. The molecule has 0 saturated heterocycles. The van der Waals surface area contributed by atoms with Gasteiger partial charge in [-0.05, 0) is 64.0 Å². The summed E-state index contributed by atoms with van der Waals surface area (Å²) in [6, 6.07) is 22.4. The van der Waals surface area contributed by atoms with Gasteiger partial charge in [-0.15, -0.1) is 0 Å². The molecule has 0 bridgehead atoms. The number of amides is 1. The van der Waals surface area contributed by atoms with Gasteiger partial charge in [-0.25, -0.2) is 0 Å². The summed E-state index contributed by atoms with van der Waals surface area (Å²) in [6.07, 6.45) is 0. The van der Waals surface area contributed by atoms with Gasteiger partial charge in [0.2, 0.25) is 0 Å². The van der Waals surface area contributed by atoms with E-state index in [0.29, 0.717) is 23.6 Å². The molecule has 0 aromatic heterocycles. The van der Waals surface area contributed by atoms with Crippen LogP contribution in [0.15, 0.2) is 77.3 Å². The van der Waals surface area contributed by atoms with Crippen LogP contribution in [0.2, 0.25) is 0 Å². The lowest BCUT2D eigenvalue weighted by Crippen LogP contribution is -2.11. The second-order valence-corrected chi connectivity index (χ2v) is 6.46. The zero-order valence-corrected chi connectivity index (χ0v) is 15.8. The lowest BCUT2D eigenvalue weighted by molar-refractivity contribution is 0.102. The van der Waals surface area contributed by atoms with Crippen molar-refractivity contribution in [2.75, 3.05) is 12.4 Å². The minimum Gasteiger partial charge on any atom is -0.496 e. The van der Waals surface area contributed by atoms with Gasteiger partial charge < -0.3 is 14.8 Å². The molecular formula is C21H18BrNO3. The SMILES string of the molecule is COc1ccc(NC(=O)c2ccc(OCc3ccccc3)cc2)cc1Br. The van der Waals surface area contributed by atoms with E-state index in [4.69, 9.17) is 9.47 Å². The smallest absolute Gasteiger partial charge is 0.255 e. The van der Waals surface area contributed by atoms with E-state index in [1.807, 2.05) is 30.3 Å². The molecule has 0 aliphatic carbocycles. The average Bonchev–Trinajstić information content (AvgIpc) is 2.68. The number of ether oxygens (including phenoxy) is 2. The number of carbonyl (C=O) groups is 1. The highest BCUT2D eigenvalue weighted by Crippen LogP contribution is 2.28. The summed E-state index contributed by atoms with van der Waals surface area (Å²) in [5, 5.41) is 2.86. The molecule has 1 N–H and O–H groups in total. The zero-order chi connectivity index (χ0) is 18.4. The first-order valence-electron chi connectivity index (χ1n) is 8.07. The van der Waals surface area contributed by atoms with Crippen molar-refractivity contribution >= 4 is 27.5 Å². The number of rotatable bonds is 6. The van der Waals surface area contributed by atoms with Crippen molar-refractivity contribution in [2.24, 2.45) is 0 Å². The van der Waals surface area contributed by atoms with Gasteiger partial charge in [-0.1, -0.05) is 30.3 Å². The van der Waals surface area contributed by atoms with Crippen molar-refractivity contribution in [3.63, 3.8) is 0 Å². The fourth-order valence-electron chi connectivity index (χ4n) is 2.39. The predicted octanol–water partition coefficient (Wildman–Crippen LogP) is 5.29. The molecule has 0 aliphatic heterocycles. The van der Waals surface area contributed by atoms with Crippen LogP contribution in [-0.2, 0) is 6.61 Å². The van der Waals surface area contributed by atoms with Gasteiger partial charge >= 0.3 is 0 Å². The third-order valence-corrected chi connectivity index (χ3v) is 4.39. The fourth-order valence-corrected chi connectivity index (χ4v) is 2.93. The van der Waals surface area contributed by atoms with E-state index in [-0.39, 0.29) is 5.91 Å². The first-order valence-corrected chi connectivity index (χ1v) is 8.86. The molecule has 3 aromatic rings. The number of methoxy groups -OCH3 is 1. The molecule has 0 unspecified atom stereocenters. The summed E-state index contributed by atoms with van der Waals surface area (Å²) in [5.74, 6) is 1.25. The normalized spacial score (nSPS) is 10.2. The van der Waals surface area contributed by atoms with E-state index < -0.39 is 0 Å². The Hall–Kier alpha value is -2.79. The molecule has 0 aliphatic rings. The molecular weight excluding hydrogens is 394 g/mol. The molecule has 3 aromatic carbocycles. The second-order valence-electron chi connectivity index (χ2n) is 5.60. The number of hydrogen-bond acceptors (Lipinski definition) is 3. The van der Waals surface area contributed by atoms with Crippen LogP contribution in [-0.4, -0.2) is 13.0 Å². The molecule has 0 fully saturated rings. The highest BCUT2D eigenvalue weighted by molar-refractivity contribution is 9.10. The zero-order valence-electron chi connectivity index (χ0n) is 14.2. The van der Waals surface area contributed by atoms with Crippen molar-refractivity contribution in [3.8, 4) is 11.5 Å². The summed E-state index contributed by atoms with van der Waals surface area (Å²) >= 11 is 3.41. The minimum absolute atomic E-state index is 0.184. The van der Waals surface area contributed by atoms with Gasteiger partial charge in [-0.2, -0.15) is 0 Å². The largest absolute Gasteiger partial charge is 0.496 e. The van der Waals surface area contributed by atoms with Crippen LogP contribution in [0.1, 0.15) is 15.9 Å². The van der Waals surface area contributed by atoms with Crippen LogP contribution in [0.25, 0.3) is 0 Å². The number of benzene rings is 3. The number of halogens is 1. The van der Waals surface area contributed by atoms with Gasteiger partial charge in [-0.3, -0.25) is 4.79 Å². The maximum absolute atomic E-state index is 12.4. The first kappa shape index (κ1) is 18.0. The Morgan fingerprint density at radius 2 is 1.73 bits per heavy atom. The Morgan fingerprint density at radius 1 is 1.00 bits per heavy atom. The van der Waals surface area contributed by atoms with Crippen LogP contribution in [0, 0.1) is 0 Å². The van der Waals surface area contributed by atoms with E-state index in [0.717, 1.165) is 15.8 Å². The number of anilines is 1. The molecule has 132 valence electrons. The van der Waals surface area contributed by atoms with E-state index in [1.54, 1.807) is 49.6 Å². The van der Waals surface area contributed by atoms with Crippen LogP contribution in [0.4, 0.5) is 5.69 Å². The summed E-state index contributed by atoms with van der Waals surface area (Å²) in [6.45, 7) is 0.492. The molecule has 4 nitrogen and oxygen atoms in total. The van der Waals surface area contributed by atoms with E-state index in [2.05, 4.69) is 21.2 Å². The van der Waals surface area contributed by atoms with Crippen molar-refractivity contribution in [2.45, 2.75) is 6.61 Å². The van der Waals surface area contributed by atoms with Gasteiger partial charge in [0.25, 0.3) is 5.91 Å². The van der Waals surface area contributed by atoms with Crippen LogP contribution < -0.4 is 14.8 Å². The highest BCUT2D eigenvalue weighted by Gasteiger charge is 2.08. The van der Waals surface area contributed by atoms with E-state index >= 15 is 0 Å². The molecule has 5 heteroatoms. The van der Waals surface area contributed by atoms with E-state index in [9.17, 15) is 4.79 Å².